The molecule has 0 spiro atoms. The maximum Gasteiger partial charge on any atom is 0.0129 e. The van der Waals surface area contributed by atoms with Gasteiger partial charge < -0.3 is 4.90 Å². The van der Waals surface area contributed by atoms with E-state index in [1.165, 1.54) is 19.3 Å². The Labute approximate surface area is 75.1 Å². The van der Waals surface area contributed by atoms with Crippen LogP contribution in [0.4, 0.5) is 0 Å². The van der Waals surface area contributed by atoms with Crippen molar-refractivity contribution < 1.29 is 0 Å². The Kier molecular flexibility index (Phi) is 1.39. The number of hydrogen-bond acceptors (Lipinski definition) is 1. The fourth-order valence-corrected chi connectivity index (χ4v) is 4.28. The quantitative estimate of drug-likeness (QED) is 0.531. The molecule has 0 aromatic rings. The fourth-order valence-electron chi connectivity index (χ4n) is 4.28. The van der Waals surface area contributed by atoms with Crippen LogP contribution in [0, 0.1) is 17.8 Å². The van der Waals surface area contributed by atoms with Gasteiger partial charge in [0.15, 0.2) is 0 Å². The van der Waals surface area contributed by atoms with Gasteiger partial charge in [-0.3, -0.25) is 0 Å². The van der Waals surface area contributed by atoms with Crippen LogP contribution in [0.2, 0.25) is 0 Å². The zero-order valence-electron chi connectivity index (χ0n) is 8.16. The first-order chi connectivity index (χ1) is 5.79. The Bertz CT molecular complexity index is 181. The Morgan fingerprint density at radius 2 is 1.83 bits per heavy atom. The Hall–Kier alpha value is -0.0400. The molecule has 3 rings (SSSR count). The number of hydrogen-bond donors (Lipinski definition) is 0. The first-order valence-corrected chi connectivity index (χ1v) is 5.51. The molecule has 2 aliphatic carbocycles. The minimum Gasteiger partial charge on any atom is -0.300 e. The van der Waals surface area contributed by atoms with E-state index in [9.17, 15) is 0 Å². The Morgan fingerprint density at radius 3 is 2.67 bits per heavy atom. The Morgan fingerprint density at radius 1 is 1.08 bits per heavy atom. The molecule has 1 aliphatic heterocycles. The number of piperidine rings is 1. The first kappa shape index (κ1) is 7.37. The zero-order valence-corrected chi connectivity index (χ0v) is 8.16. The summed E-state index contributed by atoms with van der Waals surface area (Å²) in [7, 11) is 2.34. The van der Waals surface area contributed by atoms with E-state index < -0.39 is 0 Å². The largest absolute Gasteiger partial charge is 0.300 e. The third-order valence-electron chi connectivity index (χ3n) is 4.97. The summed E-state index contributed by atoms with van der Waals surface area (Å²) in [5.74, 6) is 3.28. The lowest BCUT2D eigenvalue weighted by Gasteiger charge is -2.37. The van der Waals surface area contributed by atoms with Crippen LogP contribution in [-0.4, -0.2) is 24.0 Å². The lowest BCUT2D eigenvalue weighted by molar-refractivity contribution is 0.102. The van der Waals surface area contributed by atoms with Gasteiger partial charge in [0.05, 0.1) is 0 Å². The van der Waals surface area contributed by atoms with Gasteiger partial charge in [-0.05, 0) is 51.0 Å². The highest BCUT2D eigenvalue weighted by molar-refractivity contribution is 5.07. The molecule has 0 aromatic carbocycles. The molecule has 2 bridgehead atoms. The summed E-state index contributed by atoms with van der Waals surface area (Å²) >= 11 is 0. The third-order valence-corrected chi connectivity index (χ3v) is 4.97. The van der Waals surface area contributed by atoms with E-state index in [1.54, 1.807) is 6.42 Å². The van der Waals surface area contributed by atoms with Gasteiger partial charge in [0.25, 0.3) is 0 Å². The highest BCUT2D eigenvalue weighted by atomic mass is 15.2. The van der Waals surface area contributed by atoms with E-state index >= 15 is 0 Å². The summed E-state index contributed by atoms with van der Waals surface area (Å²) in [5.41, 5.74) is 0. The van der Waals surface area contributed by atoms with Crippen LogP contribution < -0.4 is 0 Å². The van der Waals surface area contributed by atoms with Crippen LogP contribution in [0.1, 0.15) is 32.6 Å². The minimum absolute atomic E-state index is 0.884. The lowest BCUT2D eigenvalue weighted by Crippen LogP contribution is -2.43. The van der Waals surface area contributed by atoms with Crippen molar-refractivity contribution in [2.24, 2.45) is 17.8 Å². The molecule has 5 atom stereocenters. The van der Waals surface area contributed by atoms with E-state index in [2.05, 4.69) is 18.9 Å². The van der Waals surface area contributed by atoms with Crippen LogP contribution in [0.15, 0.2) is 0 Å². The predicted molar refractivity (Wildman–Crippen MR) is 50.0 cm³/mol. The molecule has 12 heavy (non-hydrogen) atoms. The highest BCUT2D eigenvalue weighted by Crippen LogP contribution is 2.55. The SMILES string of the molecule is CC1C2CC(C3CCCC23)N1C. The van der Waals surface area contributed by atoms with Crippen LogP contribution in [0.3, 0.4) is 0 Å². The van der Waals surface area contributed by atoms with Crippen molar-refractivity contribution in [3.8, 4) is 0 Å². The number of fused-ring (bicyclic) bond motifs is 5. The molecule has 3 fully saturated rings. The van der Waals surface area contributed by atoms with E-state index in [0.717, 1.165) is 29.8 Å². The summed E-state index contributed by atoms with van der Waals surface area (Å²) in [5, 5.41) is 0. The number of rotatable bonds is 0. The third kappa shape index (κ3) is 0.693. The summed E-state index contributed by atoms with van der Waals surface area (Å²) < 4.78 is 0. The average Bonchev–Trinajstić information content (AvgIpc) is 2.63. The van der Waals surface area contributed by atoms with E-state index in [0.29, 0.717) is 0 Å². The standard InChI is InChI=1S/C11H19N/c1-7-10-6-11(12(7)2)9-5-3-4-8(9)10/h7-11H,3-6H2,1-2H3. The molecule has 0 amide bonds. The predicted octanol–water partition coefficient (Wildman–Crippen LogP) is 2.13. The minimum atomic E-state index is 0.884. The van der Waals surface area contributed by atoms with Crippen molar-refractivity contribution in [1.82, 2.24) is 4.90 Å². The molecular formula is C11H19N. The van der Waals surface area contributed by atoms with E-state index in [-0.39, 0.29) is 0 Å². The average molecular weight is 165 g/mol. The van der Waals surface area contributed by atoms with Crippen LogP contribution in [-0.2, 0) is 0 Å². The highest BCUT2D eigenvalue weighted by Gasteiger charge is 2.54. The van der Waals surface area contributed by atoms with Gasteiger partial charge in [-0.1, -0.05) is 6.42 Å². The van der Waals surface area contributed by atoms with Crippen molar-refractivity contribution in [3.05, 3.63) is 0 Å². The normalized spacial score (nSPS) is 58.0. The van der Waals surface area contributed by atoms with Gasteiger partial charge in [0.2, 0.25) is 0 Å². The van der Waals surface area contributed by atoms with Crippen molar-refractivity contribution in [1.29, 1.82) is 0 Å². The molecule has 0 aromatic heterocycles. The smallest absolute Gasteiger partial charge is 0.0129 e. The van der Waals surface area contributed by atoms with Gasteiger partial charge in [0.1, 0.15) is 0 Å². The lowest BCUT2D eigenvalue weighted by atomic mass is 9.84. The molecule has 1 heteroatoms. The summed E-state index contributed by atoms with van der Waals surface area (Å²) in [6, 6.07) is 1.85. The van der Waals surface area contributed by atoms with Crippen LogP contribution in [0.5, 0.6) is 0 Å². The van der Waals surface area contributed by atoms with Gasteiger partial charge in [-0.25, -0.2) is 0 Å². The van der Waals surface area contributed by atoms with Crippen molar-refractivity contribution in [2.75, 3.05) is 7.05 Å². The molecule has 68 valence electrons. The molecule has 1 heterocycles. The second-order valence-corrected chi connectivity index (χ2v) is 5.13. The number of likely N-dealkylation sites (tertiary alicyclic amines) is 1. The summed E-state index contributed by atoms with van der Waals surface area (Å²) in [6.45, 7) is 2.43. The molecule has 3 aliphatic rings. The van der Waals surface area contributed by atoms with Crippen molar-refractivity contribution >= 4 is 0 Å². The van der Waals surface area contributed by atoms with Crippen molar-refractivity contribution in [2.45, 2.75) is 44.7 Å². The zero-order chi connectivity index (χ0) is 8.29. The summed E-state index contributed by atoms with van der Waals surface area (Å²) in [4.78, 5) is 2.65. The molecule has 0 N–H and O–H groups in total. The van der Waals surface area contributed by atoms with Gasteiger partial charge in [-0.15, -0.1) is 0 Å². The molecule has 5 unspecified atom stereocenters. The fraction of sp³-hybridized carbons (Fsp3) is 1.00. The van der Waals surface area contributed by atoms with E-state index in [1.807, 2.05) is 0 Å². The second-order valence-electron chi connectivity index (χ2n) is 5.13. The van der Waals surface area contributed by atoms with Gasteiger partial charge in [-0.2, -0.15) is 0 Å². The molecule has 1 nitrogen and oxygen atoms in total. The maximum atomic E-state index is 2.65. The van der Waals surface area contributed by atoms with Crippen LogP contribution in [0.25, 0.3) is 0 Å². The van der Waals surface area contributed by atoms with Crippen molar-refractivity contribution in [3.63, 3.8) is 0 Å². The monoisotopic (exact) mass is 165 g/mol. The van der Waals surface area contributed by atoms with Gasteiger partial charge >= 0.3 is 0 Å². The number of nitrogens with zero attached hydrogens (tertiary/aromatic N) is 1. The first-order valence-electron chi connectivity index (χ1n) is 5.51. The van der Waals surface area contributed by atoms with Crippen LogP contribution >= 0.6 is 0 Å². The van der Waals surface area contributed by atoms with Gasteiger partial charge in [0, 0.05) is 12.1 Å². The summed E-state index contributed by atoms with van der Waals surface area (Å²) in [6.07, 6.45) is 6.11. The topological polar surface area (TPSA) is 3.24 Å². The second kappa shape index (κ2) is 2.25. The van der Waals surface area contributed by atoms with E-state index in [4.69, 9.17) is 0 Å². The molecule has 2 saturated carbocycles. The maximum absolute atomic E-state index is 2.65. The molecule has 0 radical (unpaired) electrons. The Balaban J connectivity index is 1.92. The molecule has 1 saturated heterocycles. The molecular weight excluding hydrogens is 146 g/mol.